The number of benzene rings is 7. The third kappa shape index (κ3) is 3.49. The van der Waals surface area contributed by atoms with Crippen molar-refractivity contribution in [1.29, 1.82) is 5.26 Å². The first-order valence-electron chi connectivity index (χ1n) is 12.7. The molecule has 0 aliphatic rings. The van der Waals surface area contributed by atoms with Crippen LogP contribution < -0.4 is 4.74 Å². The molecular formula is C36H23NO. The summed E-state index contributed by atoms with van der Waals surface area (Å²) in [6, 6.07) is 45.0. The molecule has 2 nitrogen and oxygen atoms in total. The predicted molar refractivity (Wildman–Crippen MR) is 159 cm³/mol. The molecule has 0 spiro atoms. The van der Waals surface area contributed by atoms with Crippen molar-refractivity contribution >= 4 is 43.1 Å². The molecule has 0 saturated carbocycles. The number of nitriles is 1. The molecule has 0 saturated heterocycles. The van der Waals surface area contributed by atoms with Gasteiger partial charge in [-0.1, -0.05) is 84.9 Å². The molecule has 0 N–H and O–H groups in total. The van der Waals surface area contributed by atoms with Crippen LogP contribution in [-0.4, -0.2) is 7.11 Å². The van der Waals surface area contributed by atoms with Crippen LogP contribution in [0.2, 0.25) is 0 Å². The van der Waals surface area contributed by atoms with Gasteiger partial charge in [-0.25, -0.2) is 0 Å². The quantitative estimate of drug-likeness (QED) is 0.233. The minimum atomic E-state index is 0.680. The summed E-state index contributed by atoms with van der Waals surface area (Å²) in [7, 11) is 1.70. The molecule has 0 bridgehead atoms. The van der Waals surface area contributed by atoms with Crippen molar-refractivity contribution in [1.82, 2.24) is 0 Å². The van der Waals surface area contributed by atoms with Crippen molar-refractivity contribution in [3.05, 3.63) is 127 Å². The summed E-state index contributed by atoms with van der Waals surface area (Å²) in [6.07, 6.45) is 0. The molecule has 0 unspecified atom stereocenters. The average molecular weight is 486 g/mol. The van der Waals surface area contributed by atoms with Crippen LogP contribution in [0.15, 0.2) is 121 Å². The van der Waals surface area contributed by atoms with Crippen molar-refractivity contribution in [3.63, 3.8) is 0 Å². The highest BCUT2D eigenvalue weighted by Crippen LogP contribution is 2.44. The number of fused-ring (bicyclic) bond motifs is 4. The SMILES string of the molecule is COc1ccc2cc(-c3c4ccccc4c(-c4ccc5cc(C#N)ccc5c4)c4ccccc34)ccc2c1. The monoisotopic (exact) mass is 485 g/mol. The van der Waals surface area contributed by atoms with Crippen LogP contribution in [-0.2, 0) is 0 Å². The van der Waals surface area contributed by atoms with E-state index in [0.717, 1.165) is 21.9 Å². The summed E-state index contributed by atoms with van der Waals surface area (Å²) in [6.45, 7) is 0. The van der Waals surface area contributed by atoms with Gasteiger partial charge in [-0.15, -0.1) is 0 Å². The number of hydrogen-bond acceptors (Lipinski definition) is 2. The zero-order chi connectivity index (χ0) is 25.6. The summed E-state index contributed by atoms with van der Waals surface area (Å²) in [5.41, 5.74) is 5.53. The van der Waals surface area contributed by atoms with Crippen LogP contribution in [0.1, 0.15) is 5.56 Å². The Balaban J connectivity index is 1.53. The van der Waals surface area contributed by atoms with Gasteiger partial charge in [0.05, 0.1) is 18.7 Å². The molecule has 0 radical (unpaired) electrons. The first-order chi connectivity index (χ1) is 18.7. The maximum Gasteiger partial charge on any atom is 0.119 e. The van der Waals surface area contributed by atoms with Crippen molar-refractivity contribution in [2.45, 2.75) is 0 Å². The van der Waals surface area contributed by atoms with Gasteiger partial charge in [0.15, 0.2) is 0 Å². The lowest BCUT2D eigenvalue weighted by Gasteiger charge is -2.18. The second-order valence-electron chi connectivity index (χ2n) is 9.66. The van der Waals surface area contributed by atoms with Crippen LogP contribution in [0, 0.1) is 11.3 Å². The maximum atomic E-state index is 9.31. The molecule has 0 heterocycles. The average Bonchev–Trinajstić information content (AvgIpc) is 2.98. The molecule has 7 aromatic rings. The summed E-state index contributed by atoms with van der Waals surface area (Å²) in [4.78, 5) is 0. The van der Waals surface area contributed by atoms with Crippen LogP contribution in [0.5, 0.6) is 5.75 Å². The molecule has 7 aromatic carbocycles. The number of rotatable bonds is 3. The third-order valence-electron chi connectivity index (χ3n) is 7.53. The van der Waals surface area contributed by atoms with E-state index in [1.807, 2.05) is 24.3 Å². The molecule has 2 heteroatoms. The predicted octanol–water partition coefficient (Wildman–Crippen LogP) is 9.51. The van der Waals surface area contributed by atoms with Crippen molar-refractivity contribution < 1.29 is 4.74 Å². The lowest BCUT2D eigenvalue weighted by molar-refractivity contribution is 0.415. The van der Waals surface area contributed by atoms with Crippen molar-refractivity contribution in [2.75, 3.05) is 7.11 Å². The lowest BCUT2D eigenvalue weighted by atomic mass is 9.85. The molecule has 38 heavy (non-hydrogen) atoms. The van der Waals surface area contributed by atoms with Gasteiger partial charge < -0.3 is 4.74 Å². The Labute approximate surface area is 221 Å². The smallest absolute Gasteiger partial charge is 0.119 e. The molecule has 0 aliphatic heterocycles. The number of ether oxygens (including phenoxy) is 1. The standard InChI is InChI=1S/C36H23NO/c1-38-30-17-16-26-20-29(15-13-27(26)21-30)36-33-8-4-2-6-31(33)35(32-7-3-5-9-34(32)36)28-14-12-24-18-23(22-37)10-11-25(24)19-28/h2-21H,1H3. The van der Waals surface area contributed by atoms with E-state index in [1.165, 1.54) is 49.2 Å². The Morgan fingerprint density at radius 2 is 0.947 bits per heavy atom. The summed E-state index contributed by atoms with van der Waals surface area (Å²) < 4.78 is 5.43. The van der Waals surface area contributed by atoms with E-state index in [9.17, 15) is 5.26 Å². The Bertz CT molecular complexity index is 2020. The highest BCUT2D eigenvalue weighted by molar-refractivity contribution is 6.22. The molecule has 0 aromatic heterocycles. The summed E-state index contributed by atoms with van der Waals surface area (Å²) in [5, 5.41) is 18.8. The van der Waals surface area contributed by atoms with E-state index in [4.69, 9.17) is 4.74 Å². The van der Waals surface area contributed by atoms with Crippen molar-refractivity contribution in [3.8, 4) is 34.1 Å². The van der Waals surface area contributed by atoms with Crippen LogP contribution in [0.25, 0.3) is 65.3 Å². The van der Waals surface area contributed by atoms with E-state index in [1.54, 1.807) is 7.11 Å². The van der Waals surface area contributed by atoms with Gasteiger partial charge >= 0.3 is 0 Å². The Morgan fingerprint density at radius 3 is 1.45 bits per heavy atom. The fraction of sp³-hybridized carbons (Fsp3) is 0.0278. The van der Waals surface area contributed by atoms with Gasteiger partial charge in [-0.2, -0.15) is 5.26 Å². The molecule has 7 rings (SSSR count). The lowest BCUT2D eigenvalue weighted by Crippen LogP contribution is -1.91. The summed E-state index contributed by atoms with van der Waals surface area (Å²) >= 11 is 0. The summed E-state index contributed by atoms with van der Waals surface area (Å²) in [5.74, 6) is 0.865. The second kappa shape index (κ2) is 8.76. The molecule has 0 amide bonds. The molecular weight excluding hydrogens is 462 g/mol. The van der Waals surface area contributed by atoms with Gasteiger partial charge in [-0.3, -0.25) is 0 Å². The van der Waals surface area contributed by atoms with Gasteiger partial charge in [0.2, 0.25) is 0 Å². The first-order valence-corrected chi connectivity index (χ1v) is 12.7. The van der Waals surface area contributed by atoms with Gasteiger partial charge in [0, 0.05) is 0 Å². The fourth-order valence-corrected chi connectivity index (χ4v) is 5.73. The highest BCUT2D eigenvalue weighted by Gasteiger charge is 2.17. The van der Waals surface area contributed by atoms with Gasteiger partial charge in [-0.05, 0) is 102 Å². The van der Waals surface area contributed by atoms with Gasteiger partial charge in [0.25, 0.3) is 0 Å². The normalized spacial score (nSPS) is 11.3. The van der Waals surface area contributed by atoms with E-state index in [-0.39, 0.29) is 0 Å². The molecule has 0 aliphatic carbocycles. The minimum Gasteiger partial charge on any atom is -0.497 e. The Kier molecular flexibility index (Phi) is 5.10. The topological polar surface area (TPSA) is 33.0 Å². The maximum absolute atomic E-state index is 9.31. The van der Waals surface area contributed by atoms with E-state index >= 15 is 0 Å². The van der Waals surface area contributed by atoms with Crippen LogP contribution in [0.3, 0.4) is 0 Å². The number of hydrogen-bond donors (Lipinski definition) is 0. The largest absolute Gasteiger partial charge is 0.497 e. The van der Waals surface area contributed by atoms with E-state index in [2.05, 4.69) is 103 Å². The van der Waals surface area contributed by atoms with Crippen LogP contribution >= 0.6 is 0 Å². The second-order valence-corrected chi connectivity index (χ2v) is 9.66. The fourth-order valence-electron chi connectivity index (χ4n) is 5.73. The first kappa shape index (κ1) is 22.1. The Morgan fingerprint density at radius 1 is 0.500 bits per heavy atom. The molecule has 178 valence electrons. The molecule has 0 fully saturated rings. The zero-order valence-corrected chi connectivity index (χ0v) is 20.9. The number of methoxy groups -OCH3 is 1. The van der Waals surface area contributed by atoms with E-state index in [0.29, 0.717) is 5.56 Å². The van der Waals surface area contributed by atoms with Crippen molar-refractivity contribution in [2.24, 2.45) is 0 Å². The van der Waals surface area contributed by atoms with Gasteiger partial charge in [0.1, 0.15) is 5.75 Å². The minimum absolute atomic E-state index is 0.680. The molecule has 0 atom stereocenters. The zero-order valence-electron chi connectivity index (χ0n) is 20.9. The highest BCUT2D eigenvalue weighted by atomic mass is 16.5. The third-order valence-corrected chi connectivity index (χ3v) is 7.53. The van der Waals surface area contributed by atoms with Crippen LogP contribution in [0.4, 0.5) is 0 Å². The number of nitrogens with zero attached hydrogens (tertiary/aromatic N) is 1. The Hall–Kier alpha value is -5.13. The van der Waals surface area contributed by atoms with E-state index < -0.39 is 0 Å².